The fourth-order valence-corrected chi connectivity index (χ4v) is 3.26. The van der Waals surface area contributed by atoms with Gasteiger partial charge < -0.3 is 0 Å². The molecule has 0 aliphatic heterocycles. The van der Waals surface area contributed by atoms with Crippen LogP contribution in [-0.4, -0.2) is 16.2 Å². The summed E-state index contributed by atoms with van der Waals surface area (Å²) in [5.41, 5.74) is 6.03. The second-order valence-electron chi connectivity index (χ2n) is 5.03. The number of thiazole rings is 1. The minimum Gasteiger partial charge on any atom is -0.255 e. The summed E-state index contributed by atoms with van der Waals surface area (Å²) in [7, 11) is 0. The van der Waals surface area contributed by atoms with E-state index in [2.05, 4.69) is 34.6 Å². The zero-order valence-electron chi connectivity index (χ0n) is 12.9. The molecular weight excluding hydrogens is 304 g/mol. The molecule has 3 rings (SSSR count). The first kappa shape index (κ1) is 15.4. The Kier molecular flexibility index (Phi) is 5.11. The molecule has 0 unspecified atom stereocenters. The standard InChI is InChI=1S/C18H18N4S/c1-2-8-16-17(14-9-4-3-5-10-14)21-18(23-16)22-20-13-15-11-6-7-12-19-15/h3-7,9-13H,2,8H2,1H3,(H,21,22)/b20-13+. The van der Waals surface area contributed by atoms with Gasteiger partial charge in [0, 0.05) is 16.6 Å². The van der Waals surface area contributed by atoms with Crippen molar-refractivity contribution >= 4 is 22.7 Å². The van der Waals surface area contributed by atoms with Crippen molar-refractivity contribution in [1.82, 2.24) is 9.97 Å². The van der Waals surface area contributed by atoms with Crippen molar-refractivity contribution in [2.45, 2.75) is 19.8 Å². The largest absolute Gasteiger partial charge is 0.255 e. The first-order valence-electron chi connectivity index (χ1n) is 7.62. The molecule has 23 heavy (non-hydrogen) atoms. The molecule has 0 spiro atoms. The van der Waals surface area contributed by atoms with Crippen molar-refractivity contribution in [3.05, 3.63) is 65.3 Å². The molecular formula is C18H18N4S. The van der Waals surface area contributed by atoms with Crippen molar-refractivity contribution in [3.63, 3.8) is 0 Å². The first-order chi connectivity index (χ1) is 11.4. The minimum atomic E-state index is 0.805. The lowest BCUT2D eigenvalue weighted by atomic mass is 10.1. The van der Waals surface area contributed by atoms with Gasteiger partial charge in [-0.25, -0.2) is 4.98 Å². The van der Waals surface area contributed by atoms with Crippen molar-refractivity contribution in [2.75, 3.05) is 5.43 Å². The fourth-order valence-electron chi connectivity index (χ4n) is 2.22. The quantitative estimate of drug-likeness (QED) is 0.533. The molecule has 1 N–H and O–H groups in total. The molecule has 0 saturated carbocycles. The van der Waals surface area contributed by atoms with Crippen molar-refractivity contribution in [2.24, 2.45) is 5.10 Å². The van der Waals surface area contributed by atoms with Crippen LogP contribution in [0.15, 0.2) is 59.8 Å². The molecule has 0 atom stereocenters. The number of benzene rings is 1. The lowest BCUT2D eigenvalue weighted by molar-refractivity contribution is 0.938. The Balaban J connectivity index is 1.79. The molecule has 0 amide bonds. The van der Waals surface area contributed by atoms with Gasteiger partial charge in [0.15, 0.2) is 0 Å². The second kappa shape index (κ2) is 7.65. The Bertz CT molecular complexity index is 766. The number of hydrazone groups is 1. The highest BCUT2D eigenvalue weighted by atomic mass is 32.1. The van der Waals surface area contributed by atoms with E-state index < -0.39 is 0 Å². The van der Waals surface area contributed by atoms with Crippen LogP contribution in [0.5, 0.6) is 0 Å². The maximum Gasteiger partial charge on any atom is 0.204 e. The van der Waals surface area contributed by atoms with Gasteiger partial charge in [0.05, 0.1) is 17.6 Å². The molecule has 0 bridgehead atoms. The van der Waals surface area contributed by atoms with Gasteiger partial charge in [-0.3, -0.25) is 10.4 Å². The number of nitrogens with zero attached hydrogens (tertiary/aromatic N) is 3. The number of anilines is 1. The predicted molar refractivity (Wildman–Crippen MR) is 97.0 cm³/mol. The third kappa shape index (κ3) is 4.02. The van der Waals surface area contributed by atoms with Crippen LogP contribution in [0, 0.1) is 0 Å². The fraction of sp³-hybridized carbons (Fsp3) is 0.167. The van der Waals surface area contributed by atoms with Crippen LogP contribution in [0.25, 0.3) is 11.3 Å². The average molecular weight is 322 g/mol. The molecule has 1 aromatic carbocycles. The summed E-state index contributed by atoms with van der Waals surface area (Å²) in [6.45, 7) is 2.18. The molecule has 116 valence electrons. The monoisotopic (exact) mass is 322 g/mol. The average Bonchev–Trinajstić information content (AvgIpc) is 3.00. The van der Waals surface area contributed by atoms with Crippen molar-refractivity contribution in [1.29, 1.82) is 0 Å². The first-order valence-corrected chi connectivity index (χ1v) is 8.43. The topological polar surface area (TPSA) is 50.2 Å². The van der Waals surface area contributed by atoms with Crippen LogP contribution < -0.4 is 5.43 Å². The molecule has 2 heterocycles. The summed E-state index contributed by atoms with van der Waals surface area (Å²) in [6, 6.07) is 16.0. The maximum atomic E-state index is 4.70. The van der Waals surface area contributed by atoms with E-state index in [1.165, 1.54) is 4.88 Å². The normalized spacial score (nSPS) is 11.0. The van der Waals surface area contributed by atoms with Gasteiger partial charge in [-0.15, -0.1) is 0 Å². The van der Waals surface area contributed by atoms with Gasteiger partial charge in [-0.1, -0.05) is 61.1 Å². The van der Waals surface area contributed by atoms with E-state index in [4.69, 9.17) is 4.98 Å². The molecule has 0 radical (unpaired) electrons. The third-order valence-corrected chi connectivity index (χ3v) is 4.29. The molecule has 0 aliphatic carbocycles. The minimum absolute atomic E-state index is 0.805. The van der Waals surface area contributed by atoms with Crippen molar-refractivity contribution in [3.8, 4) is 11.3 Å². The Labute approximate surface area is 140 Å². The summed E-state index contributed by atoms with van der Waals surface area (Å²) in [6.07, 6.45) is 5.56. The highest BCUT2D eigenvalue weighted by molar-refractivity contribution is 7.16. The van der Waals surface area contributed by atoms with E-state index in [1.807, 2.05) is 36.4 Å². The van der Waals surface area contributed by atoms with Crippen LogP contribution in [0.1, 0.15) is 23.9 Å². The summed E-state index contributed by atoms with van der Waals surface area (Å²) >= 11 is 1.66. The number of rotatable bonds is 6. The zero-order chi connectivity index (χ0) is 15.9. The number of aromatic nitrogens is 2. The summed E-state index contributed by atoms with van der Waals surface area (Å²) < 4.78 is 0. The Hall–Kier alpha value is -2.53. The van der Waals surface area contributed by atoms with Crippen LogP contribution in [0.2, 0.25) is 0 Å². The maximum absolute atomic E-state index is 4.70. The van der Waals surface area contributed by atoms with E-state index in [0.717, 1.165) is 34.9 Å². The molecule has 0 aliphatic rings. The molecule has 3 aromatic rings. The zero-order valence-corrected chi connectivity index (χ0v) is 13.8. The van der Waals surface area contributed by atoms with E-state index >= 15 is 0 Å². The van der Waals surface area contributed by atoms with Gasteiger partial charge in [0.1, 0.15) is 0 Å². The van der Waals surface area contributed by atoms with E-state index in [0.29, 0.717) is 0 Å². The second-order valence-corrected chi connectivity index (χ2v) is 6.12. The predicted octanol–water partition coefficient (Wildman–Crippen LogP) is 4.60. The lowest BCUT2D eigenvalue weighted by Crippen LogP contribution is -1.91. The molecule has 0 fully saturated rings. The summed E-state index contributed by atoms with van der Waals surface area (Å²) in [4.78, 5) is 10.2. The smallest absolute Gasteiger partial charge is 0.204 e. The van der Waals surface area contributed by atoms with Gasteiger partial charge in [-0.05, 0) is 18.6 Å². The molecule has 4 nitrogen and oxygen atoms in total. The van der Waals surface area contributed by atoms with Gasteiger partial charge in [0.2, 0.25) is 5.13 Å². The van der Waals surface area contributed by atoms with Gasteiger partial charge in [0.25, 0.3) is 0 Å². The Morgan fingerprint density at radius 2 is 1.96 bits per heavy atom. The van der Waals surface area contributed by atoms with Crippen LogP contribution in [-0.2, 0) is 6.42 Å². The van der Waals surface area contributed by atoms with Gasteiger partial charge in [-0.2, -0.15) is 5.10 Å². The highest BCUT2D eigenvalue weighted by Gasteiger charge is 2.11. The highest BCUT2D eigenvalue weighted by Crippen LogP contribution is 2.32. The number of pyridine rings is 1. The number of hydrogen-bond donors (Lipinski definition) is 1. The Morgan fingerprint density at radius 3 is 2.70 bits per heavy atom. The van der Waals surface area contributed by atoms with E-state index in [1.54, 1.807) is 23.7 Å². The number of nitrogens with one attached hydrogen (secondary N) is 1. The molecule has 2 aromatic heterocycles. The lowest BCUT2D eigenvalue weighted by Gasteiger charge is -1.99. The molecule has 5 heteroatoms. The van der Waals surface area contributed by atoms with Crippen molar-refractivity contribution < 1.29 is 0 Å². The SMILES string of the molecule is CCCc1sc(N/N=C/c2ccccn2)nc1-c1ccccc1. The van der Waals surface area contributed by atoms with Crippen LogP contribution in [0.4, 0.5) is 5.13 Å². The van der Waals surface area contributed by atoms with Crippen LogP contribution in [0.3, 0.4) is 0 Å². The molecule has 0 saturated heterocycles. The Morgan fingerprint density at radius 1 is 1.13 bits per heavy atom. The summed E-state index contributed by atoms with van der Waals surface area (Å²) in [5.74, 6) is 0. The van der Waals surface area contributed by atoms with E-state index in [-0.39, 0.29) is 0 Å². The van der Waals surface area contributed by atoms with E-state index in [9.17, 15) is 0 Å². The van der Waals surface area contributed by atoms with Gasteiger partial charge >= 0.3 is 0 Å². The number of aryl methyl sites for hydroxylation is 1. The summed E-state index contributed by atoms with van der Waals surface area (Å²) in [5, 5.41) is 5.04. The third-order valence-electron chi connectivity index (χ3n) is 3.27. The number of hydrogen-bond acceptors (Lipinski definition) is 5. The van der Waals surface area contributed by atoms with Crippen LogP contribution >= 0.6 is 11.3 Å².